The van der Waals surface area contributed by atoms with E-state index in [4.69, 9.17) is 0 Å². The first-order chi connectivity index (χ1) is 9.24. The maximum absolute atomic E-state index is 12.6. The standard InChI is InChI=1S/C15H20N2OS/c1-16-7-4-8-17(10-9-16)15(18)14-11-12-5-2-3-6-13(12)19-14/h2-3,5-6,14H,4,7-11H2,1H3. The molecule has 0 aliphatic carbocycles. The summed E-state index contributed by atoms with van der Waals surface area (Å²) in [4.78, 5) is 18.3. The summed E-state index contributed by atoms with van der Waals surface area (Å²) in [5.41, 5.74) is 1.33. The molecular formula is C15H20N2OS. The number of rotatable bonds is 1. The highest BCUT2D eigenvalue weighted by atomic mass is 32.2. The van der Waals surface area contributed by atoms with Gasteiger partial charge in [0.1, 0.15) is 0 Å². The van der Waals surface area contributed by atoms with Gasteiger partial charge in [0.15, 0.2) is 0 Å². The lowest BCUT2D eigenvalue weighted by Crippen LogP contribution is -2.39. The van der Waals surface area contributed by atoms with Crippen LogP contribution in [0, 0.1) is 0 Å². The Bertz CT molecular complexity index is 452. The molecule has 1 saturated heterocycles. The topological polar surface area (TPSA) is 23.6 Å². The summed E-state index contributed by atoms with van der Waals surface area (Å²) in [5.74, 6) is 0.330. The predicted octanol–water partition coefficient (Wildman–Crippen LogP) is 1.87. The molecule has 3 rings (SSSR count). The second-order valence-electron chi connectivity index (χ2n) is 5.40. The molecule has 2 heterocycles. The van der Waals surface area contributed by atoms with Crippen LogP contribution in [0.15, 0.2) is 29.2 Å². The van der Waals surface area contributed by atoms with Crippen LogP contribution in [0.4, 0.5) is 0 Å². The quantitative estimate of drug-likeness (QED) is 0.782. The molecule has 1 unspecified atom stereocenters. The average Bonchev–Trinajstić information content (AvgIpc) is 2.74. The number of fused-ring (bicyclic) bond motifs is 1. The van der Waals surface area contributed by atoms with E-state index < -0.39 is 0 Å². The molecule has 1 amide bonds. The Hall–Kier alpha value is -1.00. The van der Waals surface area contributed by atoms with Crippen molar-refractivity contribution in [3.8, 4) is 0 Å². The first kappa shape index (κ1) is 13.0. The van der Waals surface area contributed by atoms with Gasteiger partial charge in [0.2, 0.25) is 5.91 Å². The van der Waals surface area contributed by atoms with Gasteiger partial charge in [-0.05, 0) is 38.1 Å². The Labute approximate surface area is 119 Å². The van der Waals surface area contributed by atoms with Crippen LogP contribution in [-0.4, -0.2) is 54.2 Å². The molecule has 1 aromatic carbocycles. The lowest BCUT2D eigenvalue weighted by molar-refractivity contribution is -0.130. The highest BCUT2D eigenvalue weighted by Gasteiger charge is 2.31. The van der Waals surface area contributed by atoms with E-state index in [2.05, 4.69) is 41.1 Å². The minimum absolute atomic E-state index is 0.0980. The van der Waals surface area contributed by atoms with E-state index in [1.807, 2.05) is 0 Å². The third-order valence-corrected chi connectivity index (χ3v) is 5.26. The summed E-state index contributed by atoms with van der Waals surface area (Å²) in [7, 11) is 2.13. The number of thioether (sulfide) groups is 1. The molecule has 2 aliphatic heterocycles. The minimum atomic E-state index is 0.0980. The molecule has 0 spiro atoms. The van der Waals surface area contributed by atoms with Crippen LogP contribution in [0.3, 0.4) is 0 Å². The van der Waals surface area contributed by atoms with Gasteiger partial charge in [0.05, 0.1) is 5.25 Å². The summed E-state index contributed by atoms with van der Waals surface area (Å²) in [6, 6.07) is 8.39. The van der Waals surface area contributed by atoms with Crippen molar-refractivity contribution in [3.63, 3.8) is 0 Å². The van der Waals surface area contributed by atoms with Crippen LogP contribution in [0.2, 0.25) is 0 Å². The number of carbonyl (C=O) groups excluding carboxylic acids is 1. The van der Waals surface area contributed by atoms with Gasteiger partial charge in [-0.15, -0.1) is 11.8 Å². The van der Waals surface area contributed by atoms with Gasteiger partial charge in [-0.3, -0.25) is 4.79 Å². The van der Waals surface area contributed by atoms with Crippen LogP contribution < -0.4 is 0 Å². The molecule has 0 aromatic heterocycles. The van der Waals surface area contributed by atoms with E-state index in [9.17, 15) is 4.79 Å². The van der Waals surface area contributed by atoms with Gasteiger partial charge in [-0.25, -0.2) is 0 Å². The molecule has 0 radical (unpaired) electrons. The van der Waals surface area contributed by atoms with Crippen molar-refractivity contribution in [3.05, 3.63) is 29.8 Å². The third kappa shape index (κ3) is 2.79. The first-order valence-electron chi connectivity index (χ1n) is 6.96. The molecule has 1 atom stereocenters. The van der Waals surface area contributed by atoms with E-state index in [-0.39, 0.29) is 5.25 Å². The number of benzene rings is 1. The fraction of sp³-hybridized carbons (Fsp3) is 0.533. The smallest absolute Gasteiger partial charge is 0.236 e. The van der Waals surface area contributed by atoms with Crippen molar-refractivity contribution >= 4 is 17.7 Å². The molecule has 2 aliphatic rings. The van der Waals surface area contributed by atoms with Gasteiger partial charge in [0, 0.05) is 24.5 Å². The van der Waals surface area contributed by atoms with E-state index in [1.165, 1.54) is 10.5 Å². The lowest BCUT2D eigenvalue weighted by Gasteiger charge is -2.23. The second-order valence-corrected chi connectivity index (χ2v) is 6.65. The summed E-state index contributed by atoms with van der Waals surface area (Å²) in [6.07, 6.45) is 1.98. The molecule has 0 N–H and O–H groups in total. The highest BCUT2D eigenvalue weighted by molar-refractivity contribution is 8.01. The summed E-state index contributed by atoms with van der Waals surface area (Å²) in [5, 5.41) is 0.0980. The van der Waals surface area contributed by atoms with Gasteiger partial charge in [-0.2, -0.15) is 0 Å². The normalized spacial score (nSPS) is 24.1. The number of carbonyl (C=O) groups is 1. The maximum Gasteiger partial charge on any atom is 0.236 e. The maximum atomic E-state index is 12.6. The fourth-order valence-corrected chi connectivity index (χ4v) is 4.07. The molecule has 1 aromatic rings. The Kier molecular flexibility index (Phi) is 3.80. The summed E-state index contributed by atoms with van der Waals surface area (Å²) in [6.45, 7) is 3.89. The minimum Gasteiger partial charge on any atom is -0.340 e. The molecule has 102 valence electrons. The van der Waals surface area contributed by atoms with Crippen molar-refractivity contribution in [1.29, 1.82) is 0 Å². The van der Waals surface area contributed by atoms with Crippen LogP contribution in [0.25, 0.3) is 0 Å². The van der Waals surface area contributed by atoms with Gasteiger partial charge in [0.25, 0.3) is 0 Å². The Morgan fingerprint density at radius 1 is 1.21 bits per heavy atom. The first-order valence-corrected chi connectivity index (χ1v) is 7.84. The van der Waals surface area contributed by atoms with E-state index >= 15 is 0 Å². The molecule has 1 fully saturated rings. The second kappa shape index (κ2) is 5.55. The van der Waals surface area contributed by atoms with Crippen molar-refractivity contribution in [2.24, 2.45) is 0 Å². The Morgan fingerprint density at radius 2 is 2.05 bits per heavy atom. The zero-order valence-electron chi connectivity index (χ0n) is 11.3. The van der Waals surface area contributed by atoms with Gasteiger partial charge in [-0.1, -0.05) is 18.2 Å². The van der Waals surface area contributed by atoms with E-state index in [1.54, 1.807) is 11.8 Å². The van der Waals surface area contributed by atoms with E-state index in [0.29, 0.717) is 5.91 Å². The SMILES string of the molecule is CN1CCCN(C(=O)C2Cc3ccccc3S2)CC1. The summed E-state index contributed by atoms with van der Waals surface area (Å²) < 4.78 is 0. The zero-order valence-corrected chi connectivity index (χ0v) is 12.2. The van der Waals surface area contributed by atoms with Crippen LogP contribution in [-0.2, 0) is 11.2 Å². The Morgan fingerprint density at radius 3 is 2.89 bits per heavy atom. The number of likely N-dealkylation sites (N-methyl/N-ethyl adjacent to an activating group) is 1. The van der Waals surface area contributed by atoms with Crippen molar-refractivity contribution in [1.82, 2.24) is 9.80 Å². The largest absolute Gasteiger partial charge is 0.340 e. The lowest BCUT2D eigenvalue weighted by atomic mass is 10.1. The number of hydrogen-bond donors (Lipinski definition) is 0. The number of amides is 1. The Balaban J connectivity index is 1.66. The molecule has 0 saturated carbocycles. The number of nitrogens with zero attached hydrogens (tertiary/aromatic N) is 2. The monoisotopic (exact) mass is 276 g/mol. The number of hydrogen-bond acceptors (Lipinski definition) is 3. The van der Waals surface area contributed by atoms with Gasteiger partial charge >= 0.3 is 0 Å². The fourth-order valence-electron chi connectivity index (χ4n) is 2.79. The summed E-state index contributed by atoms with van der Waals surface area (Å²) >= 11 is 1.74. The zero-order chi connectivity index (χ0) is 13.2. The molecule has 3 nitrogen and oxygen atoms in total. The van der Waals surface area contributed by atoms with Crippen LogP contribution in [0.5, 0.6) is 0 Å². The highest BCUT2D eigenvalue weighted by Crippen LogP contribution is 2.37. The third-order valence-electron chi connectivity index (χ3n) is 3.95. The molecular weight excluding hydrogens is 256 g/mol. The van der Waals surface area contributed by atoms with Crippen molar-refractivity contribution < 1.29 is 4.79 Å². The average molecular weight is 276 g/mol. The van der Waals surface area contributed by atoms with Gasteiger partial charge < -0.3 is 9.80 Å². The molecule has 19 heavy (non-hydrogen) atoms. The van der Waals surface area contributed by atoms with Crippen molar-refractivity contribution in [2.75, 3.05) is 33.2 Å². The van der Waals surface area contributed by atoms with Crippen LogP contribution in [0.1, 0.15) is 12.0 Å². The van der Waals surface area contributed by atoms with Crippen LogP contribution >= 0.6 is 11.8 Å². The molecule has 0 bridgehead atoms. The predicted molar refractivity (Wildman–Crippen MR) is 78.5 cm³/mol. The van der Waals surface area contributed by atoms with E-state index in [0.717, 1.165) is 39.0 Å². The molecule has 4 heteroatoms. The van der Waals surface area contributed by atoms with Crippen molar-refractivity contribution in [2.45, 2.75) is 23.0 Å².